The van der Waals surface area contributed by atoms with Crippen molar-refractivity contribution in [2.45, 2.75) is 38.3 Å². The topological polar surface area (TPSA) is 44.8 Å². The van der Waals surface area contributed by atoms with Crippen LogP contribution >= 0.6 is 0 Å². The number of benzene rings is 1. The molecule has 2 aliphatic heterocycles. The van der Waals surface area contributed by atoms with Crippen molar-refractivity contribution in [3.8, 4) is 5.75 Å². The smallest absolute Gasteiger partial charge is 0.317 e. The fourth-order valence-electron chi connectivity index (χ4n) is 3.47. The van der Waals surface area contributed by atoms with Crippen LogP contribution in [-0.2, 0) is 0 Å². The van der Waals surface area contributed by atoms with Crippen LogP contribution in [-0.4, -0.2) is 60.7 Å². The molecule has 2 amide bonds. The van der Waals surface area contributed by atoms with Crippen molar-refractivity contribution < 1.29 is 13.9 Å². The average Bonchev–Trinajstić information content (AvgIpc) is 3.25. The van der Waals surface area contributed by atoms with Gasteiger partial charge >= 0.3 is 6.03 Å². The van der Waals surface area contributed by atoms with Crippen LogP contribution in [0.5, 0.6) is 5.75 Å². The highest BCUT2D eigenvalue weighted by Crippen LogP contribution is 2.20. The molecule has 2 aliphatic rings. The minimum Gasteiger partial charge on any atom is -0.486 e. The number of carbonyl (C=O) groups is 1. The Morgan fingerprint density at radius 3 is 2.83 bits per heavy atom. The molecule has 2 heterocycles. The molecule has 0 aliphatic carbocycles. The van der Waals surface area contributed by atoms with E-state index < -0.39 is 0 Å². The molecule has 24 heavy (non-hydrogen) atoms. The number of nitrogens with zero attached hydrogens (tertiary/aromatic N) is 2. The van der Waals surface area contributed by atoms with Crippen molar-refractivity contribution in [3.63, 3.8) is 0 Å². The third kappa shape index (κ3) is 4.17. The second-order valence-corrected chi connectivity index (χ2v) is 6.68. The predicted molar refractivity (Wildman–Crippen MR) is 90.7 cm³/mol. The van der Waals surface area contributed by atoms with E-state index in [4.69, 9.17) is 4.74 Å². The number of rotatable bonds is 5. The van der Waals surface area contributed by atoms with Crippen molar-refractivity contribution in [2.75, 3.05) is 32.7 Å². The van der Waals surface area contributed by atoms with Gasteiger partial charge in [-0.05, 0) is 51.4 Å². The van der Waals surface area contributed by atoms with E-state index in [-0.39, 0.29) is 23.7 Å². The quantitative estimate of drug-likeness (QED) is 0.899. The number of hydrogen-bond acceptors (Lipinski definition) is 3. The number of nitrogens with one attached hydrogen (secondary N) is 1. The van der Waals surface area contributed by atoms with E-state index in [0.29, 0.717) is 12.6 Å². The average molecular weight is 335 g/mol. The fourth-order valence-corrected chi connectivity index (χ4v) is 3.47. The van der Waals surface area contributed by atoms with Crippen molar-refractivity contribution >= 4 is 6.03 Å². The predicted octanol–water partition coefficient (Wildman–Crippen LogP) is 2.47. The molecule has 1 N–H and O–H groups in total. The lowest BCUT2D eigenvalue weighted by atomic mass is 10.2. The van der Waals surface area contributed by atoms with Gasteiger partial charge in [0, 0.05) is 19.1 Å². The van der Waals surface area contributed by atoms with Crippen LogP contribution in [0.3, 0.4) is 0 Å². The zero-order valence-electron chi connectivity index (χ0n) is 14.2. The van der Waals surface area contributed by atoms with Crippen molar-refractivity contribution in [3.05, 3.63) is 30.1 Å². The van der Waals surface area contributed by atoms with E-state index in [2.05, 4.69) is 10.2 Å². The summed E-state index contributed by atoms with van der Waals surface area (Å²) >= 11 is 0. The van der Waals surface area contributed by atoms with Crippen LogP contribution in [0.25, 0.3) is 0 Å². The molecule has 2 saturated heterocycles. The first-order chi connectivity index (χ1) is 11.6. The zero-order valence-corrected chi connectivity index (χ0v) is 14.2. The summed E-state index contributed by atoms with van der Waals surface area (Å²) in [4.78, 5) is 16.7. The lowest BCUT2D eigenvalue weighted by molar-refractivity contribution is 0.181. The first kappa shape index (κ1) is 17.0. The SMILES string of the molecule is C[C@H](CNC(=O)N1CC[C@@H](N2CCCC2)C1)Oc1ccccc1F. The van der Waals surface area contributed by atoms with Gasteiger partial charge in [-0.1, -0.05) is 12.1 Å². The normalized spacial score (nSPS) is 22.6. The summed E-state index contributed by atoms with van der Waals surface area (Å²) in [5, 5.41) is 2.90. The van der Waals surface area contributed by atoms with E-state index >= 15 is 0 Å². The number of likely N-dealkylation sites (tertiary alicyclic amines) is 2. The Hall–Kier alpha value is -1.82. The largest absolute Gasteiger partial charge is 0.486 e. The molecule has 0 bridgehead atoms. The van der Waals surface area contributed by atoms with Crippen LogP contribution in [0.4, 0.5) is 9.18 Å². The van der Waals surface area contributed by atoms with Gasteiger partial charge in [-0.25, -0.2) is 9.18 Å². The van der Waals surface area contributed by atoms with Gasteiger partial charge in [0.25, 0.3) is 0 Å². The monoisotopic (exact) mass is 335 g/mol. The molecule has 3 rings (SSSR count). The number of halogens is 1. The van der Waals surface area contributed by atoms with Gasteiger partial charge in [-0.3, -0.25) is 4.90 Å². The minimum atomic E-state index is -0.385. The van der Waals surface area contributed by atoms with Gasteiger partial charge in [0.1, 0.15) is 6.10 Å². The second-order valence-electron chi connectivity index (χ2n) is 6.68. The Morgan fingerprint density at radius 1 is 1.33 bits per heavy atom. The highest BCUT2D eigenvalue weighted by molar-refractivity contribution is 5.74. The van der Waals surface area contributed by atoms with Gasteiger partial charge < -0.3 is 15.0 Å². The molecular formula is C18H26FN3O2. The Kier molecular flexibility index (Phi) is 5.56. The van der Waals surface area contributed by atoms with E-state index in [1.165, 1.54) is 18.9 Å². The van der Waals surface area contributed by atoms with Gasteiger partial charge in [-0.2, -0.15) is 0 Å². The van der Waals surface area contributed by atoms with E-state index in [1.54, 1.807) is 18.2 Å². The Morgan fingerprint density at radius 2 is 2.08 bits per heavy atom. The second kappa shape index (κ2) is 7.83. The van der Waals surface area contributed by atoms with E-state index in [9.17, 15) is 9.18 Å². The molecule has 0 aromatic heterocycles. The standard InChI is InChI=1S/C18H26FN3O2/c1-14(24-17-7-3-2-6-16(17)19)12-20-18(23)22-11-8-15(13-22)21-9-4-5-10-21/h2-3,6-7,14-15H,4-5,8-13H2,1H3,(H,20,23)/t14-,15-/m1/s1. The van der Waals surface area contributed by atoms with Gasteiger partial charge in [0.2, 0.25) is 0 Å². The van der Waals surface area contributed by atoms with E-state index in [1.807, 2.05) is 11.8 Å². The van der Waals surface area contributed by atoms with Crippen molar-refractivity contribution in [1.29, 1.82) is 0 Å². The summed E-state index contributed by atoms with van der Waals surface area (Å²) < 4.78 is 19.1. The number of hydrogen-bond donors (Lipinski definition) is 1. The maximum Gasteiger partial charge on any atom is 0.317 e. The molecular weight excluding hydrogens is 309 g/mol. The van der Waals surface area contributed by atoms with Gasteiger partial charge in [0.05, 0.1) is 6.54 Å². The molecule has 0 radical (unpaired) electrons. The molecule has 0 unspecified atom stereocenters. The summed E-state index contributed by atoms with van der Waals surface area (Å²) in [6.07, 6.45) is 3.30. The zero-order chi connectivity index (χ0) is 16.9. The first-order valence-electron chi connectivity index (χ1n) is 8.81. The lowest BCUT2D eigenvalue weighted by Gasteiger charge is -2.24. The number of carbonyl (C=O) groups excluding carboxylic acids is 1. The summed E-state index contributed by atoms with van der Waals surface area (Å²) in [7, 11) is 0. The van der Waals surface area contributed by atoms with Crippen molar-refractivity contribution in [2.24, 2.45) is 0 Å². The van der Waals surface area contributed by atoms with E-state index in [0.717, 1.165) is 32.6 Å². The van der Waals surface area contributed by atoms with Gasteiger partial charge in [-0.15, -0.1) is 0 Å². The third-order valence-corrected chi connectivity index (χ3v) is 4.81. The first-order valence-corrected chi connectivity index (χ1v) is 8.81. The molecule has 1 aromatic carbocycles. The number of ether oxygens (including phenoxy) is 1. The molecule has 0 spiro atoms. The summed E-state index contributed by atoms with van der Waals surface area (Å²) in [6.45, 7) is 6.10. The maximum absolute atomic E-state index is 13.6. The Bertz CT molecular complexity index is 563. The van der Waals surface area contributed by atoms with Gasteiger partial charge in [0.15, 0.2) is 11.6 Å². The van der Waals surface area contributed by atoms with Crippen LogP contribution in [0.1, 0.15) is 26.2 Å². The maximum atomic E-state index is 13.6. The minimum absolute atomic E-state index is 0.0549. The molecule has 132 valence electrons. The highest BCUT2D eigenvalue weighted by Gasteiger charge is 2.31. The number of urea groups is 1. The lowest BCUT2D eigenvalue weighted by Crippen LogP contribution is -2.44. The van der Waals surface area contributed by atoms with Crippen LogP contribution in [0, 0.1) is 5.82 Å². The van der Waals surface area contributed by atoms with Crippen LogP contribution in [0.2, 0.25) is 0 Å². The number of para-hydroxylation sites is 1. The molecule has 0 saturated carbocycles. The molecule has 6 heteroatoms. The highest BCUT2D eigenvalue weighted by atomic mass is 19.1. The van der Waals surface area contributed by atoms with Crippen LogP contribution in [0.15, 0.2) is 24.3 Å². The molecule has 2 fully saturated rings. The molecule has 5 nitrogen and oxygen atoms in total. The molecule has 2 atom stereocenters. The fraction of sp³-hybridized carbons (Fsp3) is 0.611. The summed E-state index contributed by atoms with van der Waals surface area (Å²) in [6, 6.07) is 6.76. The van der Waals surface area contributed by atoms with Crippen LogP contribution < -0.4 is 10.1 Å². The summed E-state index contributed by atoms with van der Waals surface area (Å²) in [5.41, 5.74) is 0. The Balaban J connectivity index is 1.41. The Labute approximate surface area is 142 Å². The van der Waals surface area contributed by atoms with Crippen molar-refractivity contribution in [1.82, 2.24) is 15.1 Å². The number of amides is 2. The summed E-state index contributed by atoms with van der Waals surface area (Å²) in [5.74, 6) is -0.168. The third-order valence-electron chi connectivity index (χ3n) is 4.81. The molecule has 1 aromatic rings.